The van der Waals surface area contributed by atoms with Crippen LogP contribution < -0.4 is 5.43 Å². The van der Waals surface area contributed by atoms with Gasteiger partial charge in [-0.2, -0.15) is 18.3 Å². The summed E-state index contributed by atoms with van der Waals surface area (Å²) >= 11 is 0. The minimum atomic E-state index is -4.59. The Kier molecular flexibility index (Phi) is 5.40. The number of hydrogen-bond acceptors (Lipinski definition) is 4. The molecule has 0 radical (unpaired) electrons. The Morgan fingerprint density at radius 1 is 1.13 bits per heavy atom. The first-order valence-electron chi connectivity index (χ1n) is 10.0. The van der Waals surface area contributed by atoms with Crippen molar-refractivity contribution >= 4 is 5.91 Å². The summed E-state index contributed by atoms with van der Waals surface area (Å²) in [6.07, 6.45) is -2.08. The topological polar surface area (TPSA) is 58.4 Å². The Bertz CT molecular complexity index is 1010. The van der Waals surface area contributed by atoms with Gasteiger partial charge in [0.05, 0.1) is 11.3 Å². The number of hydrogen-bond donors (Lipinski definition) is 0. The minimum Gasteiger partial charge on any atom is -0.335 e. The molecule has 2 heterocycles. The fourth-order valence-corrected chi connectivity index (χ4v) is 3.79. The van der Waals surface area contributed by atoms with Gasteiger partial charge in [0, 0.05) is 44.5 Å². The number of alkyl halides is 3. The molecule has 6 nitrogen and oxygen atoms in total. The lowest BCUT2D eigenvalue weighted by Crippen LogP contribution is -2.50. The molecule has 0 unspecified atom stereocenters. The molecule has 2 fully saturated rings. The number of para-hydroxylation sites is 1. The van der Waals surface area contributed by atoms with E-state index in [0.717, 1.165) is 42.4 Å². The third kappa shape index (κ3) is 4.26. The molecule has 1 aliphatic heterocycles. The highest BCUT2D eigenvalue weighted by atomic mass is 19.4. The molecule has 1 saturated carbocycles. The summed E-state index contributed by atoms with van der Waals surface area (Å²) in [6.45, 7) is 4.91. The lowest BCUT2D eigenvalue weighted by Gasteiger charge is -2.34. The average Bonchev–Trinajstić information content (AvgIpc) is 3.52. The molecule has 0 spiro atoms. The Morgan fingerprint density at radius 3 is 2.43 bits per heavy atom. The highest BCUT2D eigenvalue weighted by molar-refractivity contribution is 5.92. The summed E-state index contributed by atoms with van der Waals surface area (Å²) in [7, 11) is 0. The summed E-state index contributed by atoms with van der Waals surface area (Å²) in [6, 6.07) is 6.14. The molecule has 1 aliphatic carbocycles. The second-order valence-electron chi connectivity index (χ2n) is 7.96. The van der Waals surface area contributed by atoms with Crippen LogP contribution in [0.5, 0.6) is 0 Å². The van der Waals surface area contributed by atoms with Gasteiger partial charge < -0.3 is 4.90 Å². The number of rotatable bonds is 4. The van der Waals surface area contributed by atoms with E-state index in [4.69, 9.17) is 0 Å². The number of piperazine rings is 1. The Labute approximate surface area is 171 Å². The number of halogens is 3. The van der Waals surface area contributed by atoms with Crippen molar-refractivity contribution in [2.75, 3.05) is 32.7 Å². The number of aromatic nitrogens is 2. The van der Waals surface area contributed by atoms with Gasteiger partial charge in [0.25, 0.3) is 5.91 Å². The normalized spacial score (nSPS) is 17.9. The number of nitrogens with zero attached hydrogens (tertiary/aromatic N) is 4. The summed E-state index contributed by atoms with van der Waals surface area (Å²) in [5.74, 6) is 0.219. The summed E-state index contributed by atoms with van der Waals surface area (Å²) < 4.78 is 41.4. The number of amides is 1. The van der Waals surface area contributed by atoms with E-state index < -0.39 is 23.1 Å². The van der Waals surface area contributed by atoms with Gasteiger partial charge in [-0.25, -0.2) is 4.68 Å². The van der Waals surface area contributed by atoms with Gasteiger partial charge >= 0.3 is 6.18 Å². The maximum Gasteiger partial charge on any atom is 0.418 e. The molecule has 0 atom stereocenters. The first-order valence-corrected chi connectivity index (χ1v) is 10.0. The molecule has 30 heavy (non-hydrogen) atoms. The van der Waals surface area contributed by atoms with Gasteiger partial charge in [0.15, 0.2) is 5.69 Å². The molecule has 1 aromatic heterocycles. The van der Waals surface area contributed by atoms with Crippen molar-refractivity contribution in [2.45, 2.75) is 25.9 Å². The smallest absolute Gasteiger partial charge is 0.335 e. The molecule has 1 amide bonds. The molecule has 1 saturated heterocycles. The second kappa shape index (κ2) is 7.86. The van der Waals surface area contributed by atoms with Gasteiger partial charge in [-0.15, -0.1) is 0 Å². The molecule has 4 rings (SSSR count). The van der Waals surface area contributed by atoms with Crippen LogP contribution >= 0.6 is 0 Å². The molecule has 0 N–H and O–H groups in total. The van der Waals surface area contributed by atoms with Gasteiger partial charge in [-0.1, -0.05) is 12.1 Å². The maximum atomic E-state index is 13.4. The van der Waals surface area contributed by atoms with Gasteiger partial charge in [-0.05, 0) is 37.8 Å². The van der Waals surface area contributed by atoms with Gasteiger partial charge in [0.1, 0.15) is 0 Å². The van der Waals surface area contributed by atoms with E-state index in [0.29, 0.717) is 13.1 Å². The van der Waals surface area contributed by atoms with Crippen molar-refractivity contribution in [3.8, 4) is 5.69 Å². The zero-order chi connectivity index (χ0) is 21.5. The van der Waals surface area contributed by atoms with Crippen molar-refractivity contribution in [1.29, 1.82) is 0 Å². The van der Waals surface area contributed by atoms with E-state index in [1.165, 1.54) is 38.0 Å². The van der Waals surface area contributed by atoms with Gasteiger partial charge in [0.2, 0.25) is 5.43 Å². The molecular formula is C21H23F3N4O2. The van der Waals surface area contributed by atoms with Crippen molar-refractivity contribution in [2.24, 2.45) is 5.92 Å². The molecule has 1 aromatic carbocycles. The zero-order valence-corrected chi connectivity index (χ0v) is 16.7. The summed E-state index contributed by atoms with van der Waals surface area (Å²) in [5, 5.41) is 4.07. The van der Waals surface area contributed by atoms with Crippen LogP contribution in [0, 0.1) is 12.8 Å². The monoisotopic (exact) mass is 420 g/mol. The number of benzene rings is 1. The highest BCUT2D eigenvalue weighted by Gasteiger charge is 2.35. The fourth-order valence-electron chi connectivity index (χ4n) is 3.79. The largest absolute Gasteiger partial charge is 0.418 e. The average molecular weight is 420 g/mol. The molecular weight excluding hydrogens is 397 g/mol. The molecule has 0 bridgehead atoms. The standard InChI is InChI=1S/C21H23F3N4O2/c1-14-12-18(29)19(20(30)27-10-8-26(9-11-27)13-15-6-7-15)25-28(14)17-5-3-2-4-16(17)21(22,23)24/h2-5,12,15H,6-11,13H2,1H3. The van der Waals surface area contributed by atoms with Gasteiger partial charge in [-0.3, -0.25) is 14.5 Å². The SMILES string of the molecule is Cc1cc(=O)c(C(=O)N2CCN(CC3CC3)CC2)nn1-c1ccccc1C(F)(F)F. The fraction of sp³-hybridized carbons (Fsp3) is 0.476. The van der Waals surface area contributed by atoms with E-state index in [1.807, 2.05) is 0 Å². The first kappa shape index (κ1) is 20.6. The second-order valence-corrected chi connectivity index (χ2v) is 7.96. The summed E-state index contributed by atoms with van der Waals surface area (Å²) in [4.78, 5) is 29.3. The van der Waals surface area contributed by atoms with Crippen LogP contribution in [0.4, 0.5) is 13.2 Å². The van der Waals surface area contributed by atoms with Crippen LogP contribution in [0.25, 0.3) is 5.69 Å². The maximum absolute atomic E-state index is 13.4. The van der Waals surface area contributed by atoms with Crippen LogP contribution in [0.15, 0.2) is 35.1 Å². The van der Waals surface area contributed by atoms with E-state index in [-0.39, 0.29) is 17.1 Å². The highest BCUT2D eigenvalue weighted by Crippen LogP contribution is 2.33. The number of carbonyl (C=O) groups excluding carboxylic acids is 1. The van der Waals surface area contributed by atoms with Crippen LogP contribution in [-0.4, -0.2) is 58.2 Å². The lowest BCUT2D eigenvalue weighted by atomic mass is 10.1. The van der Waals surface area contributed by atoms with Crippen LogP contribution in [-0.2, 0) is 6.18 Å². The predicted octanol–water partition coefficient (Wildman–Crippen LogP) is 2.73. The molecule has 2 aliphatic rings. The molecule has 2 aromatic rings. The minimum absolute atomic E-state index is 0.217. The van der Waals surface area contributed by atoms with Crippen molar-refractivity contribution in [3.05, 3.63) is 57.5 Å². The Hall–Kier alpha value is -2.68. The van der Waals surface area contributed by atoms with Crippen molar-refractivity contribution in [1.82, 2.24) is 19.6 Å². The molecule has 9 heteroatoms. The van der Waals surface area contributed by atoms with Crippen LogP contribution in [0.1, 0.15) is 34.6 Å². The third-order valence-electron chi connectivity index (χ3n) is 5.62. The summed E-state index contributed by atoms with van der Waals surface area (Å²) in [5.41, 5.74) is -1.81. The molecule has 160 valence electrons. The van der Waals surface area contributed by atoms with Crippen LogP contribution in [0.2, 0.25) is 0 Å². The number of aryl methyl sites for hydroxylation is 1. The zero-order valence-electron chi connectivity index (χ0n) is 16.7. The van der Waals surface area contributed by atoms with Crippen LogP contribution in [0.3, 0.4) is 0 Å². The Balaban J connectivity index is 1.61. The number of carbonyl (C=O) groups is 1. The predicted molar refractivity (Wildman–Crippen MR) is 105 cm³/mol. The third-order valence-corrected chi connectivity index (χ3v) is 5.62. The van der Waals surface area contributed by atoms with E-state index in [2.05, 4.69) is 10.00 Å². The first-order chi connectivity index (χ1) is 14.2. The van der Waals surface area contributed by atoms with Crippen molar-refractivity contribution < 1.29 is 18.0 Å². The van der Waals surface area contributed by atoms with E-state index >= 15 is 0 Å². The lowest BCUT2D eigenvalue weighted by molar-refractivity contribution is -0.137. The quantitative estimate of drug-likeness (QED) is 0.763. The van der Waals surface area contributed by atoms with E-state index in [9.17, 15) is 22.8 Å². The Morgan fingerprint density at radius 2 is 1.80 bits per heavy atom. The van der Waals surface area contributed by atoms with E-state index in [1.54, 1.807) is 4.90 Å². The van der Waals surface area contributed by atoms with Crippen molar-refractivity contribution in [3.63, 3.8) is 0 Å².